The first-order valence-electron chi connectivity index (χ1n) is 7.03. The van der Waals surface area contributed by atoms with E-state index in [1.165, 1.54) is 19.2 Å². The molecule has 2 aromatic rings. The molecule has 0 saturated heterocycles. The smallest absolute Gasteiger partial charge is 0.265 e. The van der Waals surface area contributed by atoms with Crippen molar-refractivity contribution in [2.75, 3.05) is 18.1 Å². The van der Waals surface area contributed by atoms with Gasteiger partial charge in [-0.3, -0.25) is 4.72 Å². The van der Waals surface area contributed by atoms with Gasteiger partial charge in [0, 0.05) is 11.9 Å². The third-order valence-corrected chi connectivity index (χ3v) is 6.12. The van der Waals surface area contributed by atoms with Crippen LogP contribution in [-0.2, 0) is 19.9 Å². The molecule has 0 amide bonds. The fourth-order valence-corrected chi connectivity index (χ4v) is 4.08. The number of hydrogen-bond acceptors (Lipinski definition) is 5. The summed E-state index contributed by atoms with van der Waals surface area (Å²) in [6.45, 7) is 3.80. The van der Waals surface area contributed by atoms with Gasteiger partial charge in [-0.2, -0.15) is 0 Å². The number of nitrogens with one attached hydrogen (secondary N) is 1. The van der Waals surface area contributed by atoms with Crippen LogP contribution in [-0.4, -0.2) is 30.2 Å². The van der Waals surface area contributed by atoms with E-state index in [9.17, 15) is 16.8 Å². The van der Waals surface area contributed by atoms with Gasteiger partial charge in [0.2, 0.25) is 0 Å². The van der Waals surface area contributed by atoms with Gasteiger partial charge < -0.3 is 4.74 Å². The van der Waals surface area contributed by atoms with E-state index in [4.69, 9.17) is 4.74 Å². The first-order valence-corrected chi connectivity index (χ1v) is 10.4. The highest BCUT2D eigenvalue weighted by atomic mass is 32.2. The Labute approximate surface area is 142 Å². The lowest BCUT2D eigenvalue weighted by molar-refractivity contribution is 0.402. The van der Waals surface area contributed by atoms with Crippen molar-refractivity contribution in [2.45, 2.75) is 23.6 Å². The van der Waals surface area contributed by atoms with Gasteiger partial charge in [0.05, 0.1) is 12.0 Å². The molecule has 0 unspecified atom stereocenters. The molecule has 0 atom stereocenters. The monoisotopic (exact) mass is 369 g/mol. The normalized spacial score (nSPS) is 12.0. The van der Waals surface area contributed by atoms with E-state index in [0.29, 0.717) is 5.69 Å². The molecule has 1 N–H and O–H groups in total. The van der Waals surface area contributed by atoms with Crippen molar-refractivity contribution in [1.29, 1.82) is 0 Å². The second-order valence-corrected chi connectivity index (χ2v) is 9.16. The fraction of sp³-hybridized carbons (Fsp3) is 0.250. The zero-order valence-corrected chi connectivity index (χ0v) is 15.5. The van der Waals surface area contributed by atoms with Gasteiger partial charge in [-0.15, -0.1) is 0 Å². The number of sulfone groups is 1. The quantitative estimate of drug-likeness (QED) is 0.875. The molecule has 0 radical (unpaired) electrons. The Bertz CT molecular complexity index is 980. The van der Waals surface area contributed by atoms with Gasteiger partial charge in [-0.25, -0.2) is 16.8 Å². The molecule has 0 fully saturated rings. The molecule has 2 aromatic carbocycles. The first-order chi connectivity index (χ1) is 11.0. The minimum atomic E-state index is -4.01. The van der Waals surface area contributed by atoms with Gasteiger partial charge in [0.15, 0.2) is 9.84 Å². The summed E-state index contributed by atoms with van der Waals surface area (Å²) in [7, 11) is -6.23. The summed E-state index contributed by atoms with van der Waals surface area (Å²) in [6.07, 6.45) is 1.02. The summed E-state index contributed by atoms with van der Waals surface area (Å²) in [5.74, 6) is 0.0683. The molecule has 6 nitrogen and oxygen atoms in total. The highest BCUT2D eigenvalue weighted by molar-refractivity contribution is 7.93. The van der Waals surface area contributed by atoms with Gasteiger partial charge in [0.25, 0.3) is 10.0 Å². The number of hydrogen-bond donors (Lipinski definition) is 1. The van der Waals surface area contributed by atoms with Crippen LogP contribution in [0.5, 0.6) is 5.75 Å². The lowest BCUT2D eigenvalue weighted by Gasteiger charge is -2.13. The summed E-state index contributed by atoms with van der Waals surface area (Å²) in [6, 6.07) is 8.88. The average molecular weight is 369 g/mol. The van der Waals surface area contributed by atoms with Crippen LogP contribution < -0.4 is 9.46 Å². The van der Waals surface area contributed by atoms with Crippen LogP contribution in [0, 0.1) is 13.8 Å². The molecule has 0 bridgehead atoms. The molecule has 24 heavy (non-hydrogen) atoms. The van der Waals surface area contributed by atoms with Crippen LogP contribution in [0.3, 0.4) is 0 Å². The average Bonchev–Trinajstić information content (AvgIpc) is 2.49. The minimum Gasteiger partial charge on any atom is -0.495 e. The zero-order chi connectivity index (χ0) is 18.1. The van der Waals surface area contributed by atoms with Crippen molar-refractivity contribution in [3.8, 4) is 5.75 Å². The third kappa shape index (κ3) is 3.88. The van der Waals surface area contributed by atoms with Crippen LogP contribution in [0.2, 0.25) is 0 Å². The van der Waals surface area contributed by atoms with Crippen LogP contribution in [0.4, 0.5) is 5.69 Å². The number of anilines is 1. The van der Waals surface area contributed by atoms with Gasteiger partial charge >= 0.3 is 0 Å². The van der Waals surface area contributed by atoms with Gasteiger partial charge in [-0.1, -0.05) is 6.07 Å². The maximum atomic E-state index is 12.7. The molecule has 0 aliphatic carbocycles. The number of ether oxygens (including phenoxy) is 1. The second-order valence-electron chi connectivity index (χ2n) is 5.49. The molecule has 0 saturated carbocycles. The van der Waals surface area contributed by atoms with Crippen molar-refractivity contribution in [3.05, 3.63) is 47.5 Å². The number of aryl methyl sites for hydroxylation is 2. The highest BCUT2D eigenvalue weighted by Gasteiger charge is 2.22. The lowest BCUT2D eigenvalue weighted by atomic mass is 10.1. The Balaban J connectivity index is 2.53. The predicted molar refractivity (Wildman–Crippen MR) is 92.8 cm³/mol. The standard InChI is InChI=1S/C16H19NO5S2/c1-11-5-6-13(9-12(11)2)17-24(20,21)16-10-14(23(4,18)19)7-8-15(16)22-3/h5-10,17H,1-4H3. The van der Waals surface area contributed by atoms with E-state index in [2.05, 4.69) is 4.72 Å². The van der Waals surface area contributed by atoms with Gasteiger partial charge in [-0.05, 0) is 55.3 Å². The van der Waals surface area contributed by atoms with Crippen LogP contribution in [0.1, 0.15) is 11.1 Å². The Kier molecular flexibility index (Phi) is 4.91. The Morgan fingerprint density at radius 3 is 2.12 bits per heavy atom. The van der Waals surface area contributed by atoms with Crippen LogP contribution >= 0.6 is 0 Å². The summed E-state index contributed by atoms with van der Waals surface area (Å²) in [4.78, 5) is -0.324. The molecule has 8 heteroatoms. The van der Waals surface area contributed by atoms with Crippen LogP contribution in [0.25, 0.3) is 0 Å². The fourth-order valence-electron chi connectivity index (χ4n) is 2.11. The van der Waals surface area contributed by atoms with Crippen molar-refractivity contribution >= 4 is 25.5 Å². The number of methoxy groups -OCH3 is 1. The third-order valence-electron chi connectivity index (χ3n) is 3.61. The molecule has 130 valence electrons. The molecule has 0 aromatic heterocycles. The van der Waals surface area contributed by atoms with E-state index >= 15 is 0 Å². The lowest BCUT2D eigenvalue weighted by Crippen LogP contribution is -2.15. The Hall–Kier alpha value is -2.06. The van der Waals surface area contributed by atoms with E-state index < -0.39 is 19.9 Å². The first kappa shape index (κ1) is 18.3. The van der Waals surface area contributed by atoms with Crippen molar-refractivity contribution < 1.29 is 21.6 Å². The van der Waals surface area contributed by atoms with E-state index in [-0.39, 0.29) is 15.5 Å². The summed E-state index contributed by atoms with van der Waals surface area (Å²) < 4.78 is 56.3. The molecule has 0 aliphatic rings. The number of benzene rings is 2. The Morgan fingerprint density at radius 2 is 1.58 bits per heavy atom. The summed E-state index contributed by atoms with van der Waals surface area (Å²) >= 11 is 0. The SMILES string of the molecule is COc1ccc(S(C)(=O)=O)cc1S(=O)(=O)Nc1ccc(C)c(C)c1. The molecular formula is C16H19NO5S2. The maximum Gasteiger partial charge on any atom is 0.265 e. The zero-order valence-electron chi connectivity index (χ0n) is 13.8. The molecule has 0 aliphatic heterocycles. The predicted octanol–water partition coefficient (Wildman–Crippen LogP) is 2.52. The number of rotatable bonds is 5. The maximum absolute atomic E-state index is 12.7. The van der Waals surface area contributed by atoms with Gasteiger partial charge in [0.1, 0.15) is 10.6 Å². The number of sulfonamides is 1. The summed E-state index contributed by atoms with van der Waals surface area (Å²) in [5, 5.41) is 0. The largest absolute Gasteiger partial charge is 0.495 e. The van der Waals surface area contributed by atoms with E-state index in [1.54, 1.807) is 18.2 Å². The molecule has 0 heterocycles. The van der Waals surface area contributed by atoms with Crippen molar-refractivity contribution in [2.24, 2.45) is 0 Å². The Morgan fingerprint density at radius 1 is 0.917 bits per heavy atom. The minimum absolute atomic E-state index is 0.0683. The highest BCUT2D eigenvalue weighted by Crippen LogP contribution is 2.29. The van der Waals surface area contributed by atoms with E-state index in [1.807, 2.05) is 13.8 Å². The van der Waals surface area contributed by atoms with Crippen molar-refractivity contribution in [3.63, 3.8) is 0 Å². The molecular weight excluding hydrogens is 350 g/mol. The topological polar surface area (TPSA) is 89.5 Å². The summed E-state index contributed by atoms with van der Waals surface area (Å²) in [5.41, 5.74) is 2.37. The molecule has 2 rings (SSSR count). The van der Waals surface area contributed by atoms with Crippen molar-refractivity contribution in [1.82, 2.24) is 0 Å². The van der Waals surface area contributed by atoms with E-state index in [0.717, 1.165) is 23.4 Å². The second kappa shape index (κ2) is 6.45. The molecule has 0 spiro atoms. The van der Waals surface area contributed by atoms with Crippen LogP contribution in [0.15, 0.2) is 46.2 Å².